The molecule has 13 aromatic rings. The zero-order valence-electron chi connectivity index (χ0n) is 69.8. The van der Waals surface area contributed by atoms with Crippen LogP contribution in [0.5, 0.6) is 46.0 Å². The minimum Gasteiger partial charge on any atom is -0.507 e. The first kappa shape index (κ1) is 86.5. The van der Waals surface area contributed by atoms with Gasteiger partial charge in [0.15, 0.2) is 0 Å². The molecule has 594 valence electrons. The lowest BCUT2D eigenvalue weighted by Crippen LogP contribution is -2.13. The average Bonchev–Trinajstić information content (AvgIpc) is 1.71. The van der Waals surface area contributed by atoms with Gasteiger partial charge in [-0.05, 0) is 256 Å². The summed E-state index contributed by atoms with van der Waals surface area (Å²) in [6.07, 6.45) is 0. The number of halogens is 3. The smallest absolute Gasteiger partial charge is 0.453 e. The van der Waals surface area contributed by atoms with Crippen molar-refractivity contribution in [3.05, 3.63) is 210 Å². The third-order valence-electron chi connectivity index (χ3n) is 19.8. The maximum atomic E-state index is 11.0. The van der Waals surface area contributed by atoms with Crippen LogP contribution in [-0.2, 0) is 21.7 Å². The van der Waals surface area contributed by atoms with Gasteiger partial charge in [-0.1, -0.05) is 119 Å². The summed E-state index contributed by atoms with van der Waals surface area (Å²) < 4.78 is 76.4. The first-order valence-electron chi connectivity index (χ1n) is 37.1. The summed E-state index contributed by atoms with van der Waals surface area (Å²) in [6.45, 7) is 50.1. The van der Waals surface area contributed by atoms with Gasteiger partial charge in [0, 0.05) is 125 Å². The molecule has 3 heterocycles. The van der Waals surface area contributed by atoms with Crippen molar-refractivity contribution in [1.29, 1.82) is 0 Å². The Bertz CT molecular complexity index is 5630. The summed E-state index contributed by atoms with van der Waals surface area (Å²) in [5, 5.41) is 27.7. The molecule has 3 aromatic heterocycles. The third kappa shape index (κ3) is 18.7. The number of phenols is 2. The van der Waals surface area contributed by atoms with Crippen LogP contribution in [0.25, 0.3) is 88.1 Å². The number of rotatable bonds is 10. The summed E-state index contributed by atoms with van der Waals surface area (Å²) in [6, 6.07) is 40.9. The lowest BCUT2D eigenvalue weighted by Gasteiger charge is -2.26. The van der Waals surface area contributed by atoms with E-state index >= 15 is 0 Å². The van der Waals surface area contributed by atoms with E-state index in [2.05, 4.69) is 221 Å². The molecule has 112 heavy (non-hydrogen) atoms. The molecule has 2 N–H and O–H groups in total. The number of benzene rings is 10. The minimum absolute atomic E-state index is 0.140. The Morgan fingerprint density at radius 2 is 0.518 bits per heavy atom. The van der Waals surface area contributed by atoms with Gasteiger partial charge in [-0.2, -0.15) is 0 Å². The molecule has 0 amide bonds. The molecule has 0 atom stereocenters. The van der Waals surface area contributed by atoms with Gasteiger partial charge < -0.3 is 63.4 Å². The molecule has 0 spiro atoms. The van der Waals surface area contributed by atoms with Crippen molar-refractivity contribution < 1.29 is 63.4 Å². The highest BCUT2D eigenvalue weighted by atomic mass is 128. The van der Waals surface area contributed by atoms with Gasteiger partial charge in [0.05, 0.1) is 28.4 Å². The van der Waals surface area contributed by atoms with Crippen molar-refractivity contribution in [1.82, 2.24) is 0 Å². The number of hydrogen-bond acceptors (Lipinski definition) is 14. The Labute approximate surface area is 690 Å². The molecule has 0 saturated carbocycles. The van der Waals surface area contributed by atoms with E-state index < -0.39 is 23.8 Å². The molecule has 0 bridgehead atoms. The molecule has 10 aromatic carbocycles. The van der Waals surface area contributed by atoms with Crippen LogP contribution in [0.1, 0.15) is 172 Å². The fourth-order valence-corrected chi connectivity index (χ4v) is 18.2. The van der Waals surface area contributed by atoms with Gasteiger partial charge in [-0.3, -0.25) is 0 Å². The molecule has 0 aliphatic heterocycles. The number of aromatic hydroxyl groups is 2. The third-order valence-corrected chi connectivity index (χ3v) is 22.8. The Morgan fingerprint density at radius 1 is 0.286 bits per heavy atom. The molecular formula is C92H106ClI2O14P3. The molecule has 0 aliphatic rings. The summed E-state index contributed by atoms with van der Waals surface area (Å²) in [5.74, 6) is 4.23. The second-order valence-corrected chi connectivity index (χ2v) is 37.0. The van der Waals surface area contributed by atoms with Crippen LogP contribution in [0.2, 0.25) is 0 Å². The zero-order chi connectivity index (χ0) is 82.5. The highest BCUT2D eigenvalue weighted by Gasteiger charge is 2.31. The van der Waals surface area contributed by atoms with E-state index in [9.17, 15) is 10.2 Å². The van der Waals surface area contributed by atoms with Gasteiger partial charge in [0.25, 0.3) is 0 Å². The number of methoxy groups -OCH3 is 4. The fourth-order valence-electron chi connectivity index (χ4n) is 14.5. The van der Waals surface area contributed by atoms with Gasteiger partial charge in [0.2, 0.25) is 0 Å². The number of phenolic OH excluding ortho intramolecular Hbond substituents is 2. The second kappa shape index (κ2) is 34.2. The van der Waals surface area contributed by atoms with Crippen LogP contribution >= 0.6 is 72.3 Å². The predicted molar refractivity (Wildman–Crippen MR) is 485 cm³/mol. The predicted octanol–water partition coefficient (Wildman–Crippen LogP) is 31.0. The quantitative estimate of drug-likeness (QED) is 0.124. The van der Waals surface area contributed by atoms with E-state index in [1.165, 1.54) is 11.1 Å². The topological polar surface area (TPSA) is 175 Å². The molecule has 13 rings (SSSR count). The van der Waals surface area contributed by atoms with Crippen LogP contribution in [0.15, 0.2) is 147 Å². The van der Waals surface area contributed by atoms with Crippen molar-refractivity contribution in [2.24, 2.45) is 0 Å². The molecule has 20 heteroatoms. The van der Waals surface area contributed by atoms with Crippen molar-refractivity contribution in [2.75, 3.05) is 28.4 Å². The van der Waals surface area contributed by atoms with E-state index in [0.717, 1.165) is 155 Å². The SMILES string of the molecule is COc1cc(-c2cc(OC)cc(C(C)(C)C)c2O)c(O)c(C(C)(C)C)c1.COc1cc(C(C)(C)C)c2op(Oc3c(C)cc(C)cc3-c3cc(C)cc(C)c3Op3oc4c(C)cc(C)cc4c4cc(C)cc(C)c4o3)oc3c(C(C)(C)C)cc(OC)cc3c2c1.Cc1cc(C)c2op(Cl)oc3c(C)cc(C)cc3c2c1.II. The highest BCUT2D eigenvalue weighted by molar-refractivity contribution is 15.0. The van der Waals surface area contributed by atoms with Crippen molar-refractivity contribution in [2.45, 2.75) is 188 Å². The van der Waals surface area contributed by atoms with Gasteiger partial charge in [-0.15, -0.1) is 0 Å². The number of aryl methyl sites for hydroxylation is 12. The lowest BCUT2D eigenvalue weighted by atomic mass is 9.81. The Morgan fingerprint density at radius 3 is 0.795 bits per heavy atom. The molecule has 0 saturated heterocycles. The second-order valence-electron chi connectivity index (χ2n) is 33.4. The highest BCUT2D eigenvalue weighted by Crippen LogP contribution is 2.53. The monoisotopic (exact) mass is 1820 g/mol. The maximum Gasteiger partial charge on any atom is 0.453 e. The van der Waals surface area contributed by atoms with E-state index in [4.69, 9.17) is 64.4 Å². The lowest BCUT2D eigenvalue weighted by molar-refractivity contribution is 0.403. The Kier molecular flexibility index (Phi) is 26.4. The molecule has 0 fully saturated rings. The van der Waals surface area contributed by atoms with Gasteiger partial charge >= 0.3 is 23.8 Å². The van der Waals surface area contributed by atoms with Crippen LogP contribution in [0.4, 0.5) is 0 Å². The maximum absolute atomic E-state index is 11.0. The molecule has 0 radical (unpaired) electrons. The van der Waals surface area contributed by atoms with Crippen molar-refractivity contribution in [3.63, 3.8) is 0 Å². The van der Waals surface area contributed by atoms with Crippen LogP contribution in [0.3, 0.4) is 0 Å². The number of fused-ring (bicyclic) bond motifs is 9. The molecular weight excluding hydrogens is 1710 g/mol. The summed E-state index contributed by atoms with van der Waals surface area (Å²) in [7, 11) is 0.993. The number of ether oxygens (including phenoxy) is 4. The van der Waals surface area contributed by atoms with Crippen LogP contribution < -0.4 is 28.0 Å². The Hall–Kier alpha value is -7.95. The molecule has 0 unspecified atom stereocenters. The molecule has 14 nitrogen and oxygen atoms in total. The molecule has 0 aliphatic carbocycles. The van der Waals surface area contributed by atoms with E-state index in [-0.39, 0.29) is 33.2 Å². The van der Waals surface area contributed by atoms with Gasteiger partial charge in [-0.25, -0.2) is 0 Å². The normalized spacial score (nSPS) is 11.8. The van der Waals surface area contributed by atoms with E-state index in [0.29, 0.717) is 45.3 Å². The largest absolute Gasteiger partial charge is 0.507 e. The van der Waals surface area contributed by atoms with Crippen molar-refractivity contribution >= 4 is 138 Å². The van der Waals surface area contributed by atoms with Crippen LogP contribution in [0, 0.1) is 83.1 Å². The van der Waals surface area contributed by atoms with Crippen molar-refractivity contribution in [3.8, 4) is 68.2 Å². The summed E-state index contributed by atoms with van der Waals surface area (Å²) in [5.41, 5.74) is 22.4. The Balaban J connectivity index is 0.000000225. The minimum atomic E-state index is -2.12. The first-order valence-corrected chi connectivity index (χ1v) is 47.7. The van der Waals surface area contributed by atoms with E-state index in [1.54, 1.807) is 40.6 Å². The van der Waals surface area contributed by atoms with Crippen LogP contribution in [-0.4, -0.2) is 38.7 Å². The zero-order valence-corrected chi connectivity index (χ0v) is 77.6. The standard InChI is InChI=1S/C54H60O8P2.C22H30O4.C16H16ClO2P.I2/c1-29-17-33(5)47-39(21-29)40-22-30(2)18-34(6)48(40)58-63(57-47)59-49-35(7)19-31(3)23-41(49)42-24-32(4)20-36(8)50(42)60-64-61-51-43(25-37(55-15)27-45(51)53(9,10)11)44-26-38(56-16)28-46(52(44)62-64)54(12,13)14;1-21(2,3)17-11-13(25-7)9-15(19(17)23)16-10-14(26-8)12-18(20(16)24)22(4,5)6;1-9-5-11(3)15-13(7-9)14-8-10(2)6-12(4)16(14)19-20(17)18-15;1-2/h17-28H,1-16H3;9-12,23-24H,1-8H3;5-8H,1-4H3;. The number of hydrogen-bond donors (Lipinski definition) is 2. The summed E-state index contributed by atoms with van der Waals surface area (Å²) >= 11 is 10.5. The average molecular weight is 1820 g/mol. The fraction of sp³-hybridized carbons (Fsp3) is 0.348. The summed E-state index contributed by atoms with van der Waals surface area (Å²) in [4.78, 5) is 0. The van der Waals surface area contributed by atoms with Gasteiger partial charge in [0.1, 0.15) is 79.5 Å². The van der Waals surface area contributed by atoms with E-state index in [1.807, 2.05) is 91.8 Å². The first-order chi connectivity index (χ1) is 52.5.